The van der Waals surface area contributed by atoms with Crippen LogP contribution < -0.4 is 5.32 Å². The molecule has 2 atom stereocenters. The Morgan fingerprint density at radius 2 is 2.22 bits per heavy atom. The highest BCUT2D eigenvalue weighted by molar-refractivity contribution is 7.15. The van der Waals surface area contributed by atoms with Gasteiger partial charge in [-0.05, 0) is 49.0 Å². The predicted molar refractivity (Wildman–Crippen MR) is 118 cm³/mol. The number of nitrogens with one attached hydrogen (secondary N) is 1. The minimum atomic E-state index is -0.0816. The number of hydrogen-bond donors (Lipinski definition) is 2. The fraction of sp³-hybridized carbons (Fsp3) is 0.348. The van der Waals surface area contributed by atoms with Crippen LogP contribution in [0, 0.1) is 12.3 Å². The van der Waals surface area contributed by atoms with Gasteiger partial charge in [0.05, 0.1) is 0 Å². The van der Waals surface area contributed by atoms with E-state index in [0.717, 1.165) is 23.7 Å². The predicted octanol–water partition coefficient (Wildman–Crippen LogP) is 6.46. The molecule has 3 nitrogen and oxygen atoms in total. The van der Waals surface area contributed by atoms with Crippen molar-refractivity contribution in [1.82, 2.24) is 4.98 Å². The van der Waals surface area contributed by atoms with Crippen molar-refractivity contribution in [2.45, 2.75) is 40.0 Å². The van der Waals surface area contributed by atoms with E-state index in [4.69, 9.17) is 0 Å². The molecule has 2 rings (SSSR count). The quantitative estimate of drug-likeness (QED) is 0.489. The zero-order valence-electron chi connectivity index (χ0n) is 16.7. The largest absolute Gasteiger partial charge is 0.508 e. The van der Waals surface area contributed by atoms with Crippen molar-refractivity contribution in [2.24, 2.45) is 5.41 Å². The number of thiazole rings is 1. The molecule has 2 unspecified atom stereocenters. The van der Waals surface area contributed by atoms with Gasteiger partial charge in [-0.25, -0.2) is 4.98 Å². The smallest absolute Gasteiger partial charge is 0.182 e. The van der Waals surface area contributed by atoms with E-state index < -0.39 is 0 Å². The third-order valence-corrected chi connectivity index (χ3v) is 5.85. The Bertz CT molecular complexity index is 821. The number of allylic oxidation sites excluding steroid dienone is 5. The van der Waals surface area contributed by atoms with E-state index in [2.05, 4.69) is 61.9 Å². The Balaban J connectivity index is 2.47. The Morgan fingerprint density at radius 3 is 2.78 bits per heavy atom. The number of rotatable bonds is 9. The van der Waals surface area contributed by atoms with Crippen LogP contribution in [0.15, 0.2) is 66.9 Å². The second kappa shape index (κ2) is 9.56. The van der Waals surface area contributed by atoms with Gasteiger partial charge in [-0.3, -0.25) is 0 Å². The summed E-state index contributed by atoms with van der Waals surface area (Å²) in [7, 11) is 0. The third-order valence-electron chi connectivity index (χ3n) is 4.98. The molecule has 144 valence electrons. The molecule has 0 aliphatic rings. The second-order valence-electron chi connectivity index (χ2n) is 7.07. The Labute approximate surface area is 167 Å². The maximum Gasteiger partial charge on any atom is 0.182 e. The Kier molecular flexibility index (Phi) is 7.43. The van der Waals surface area contributed by atoms with Gasteiger partial charge in [0.2, 0.25) is 0 Å². The number of phenolic OH excluding ortho intramolecular Hbond substituents is 1. The van der Waals surface area contributed by atoms with Gasteiger partial charge in [0.15, 0.2) is 5.13 Å². The summed E-state index contributed by atoms with van der Waals surface area (Å²) in [5.74, 6) is 0.398. The molecule has 0 fully saturated rings. The zero-order chi connectivity index (χ0) is 19.9. The van der Waals surface area contributed by atoms with Crippen LogP contribution in [0.4, 0.5) is 5.13 Å². The lowest BCUT2D eigenvalue weighted by Gasteiger charge is -2.38. The lowest BCUT2D eigenvalue weighted by molar-refractivity contribution is 0.288. The Morgan fingerprint density at radius 1 is 1.44 bits per heavy atom. The minimum absolute atomic E-state index is 0.0816. The molecule has 1 aromatic carbocycles. The van der Waals surface area contributed by atoms with Gasteiger partial charge in [-0.2, -0.15) is 0 Å². The number of nitrogens with zero attached hydrogens (tertiary/aromatic N) is 1. The number of phenols is 1. The number of aromatic hydroxyl groups is 1. The number of benzene rings is 1. The van der Waals surface area contributed by atoms with Crippen LogP contribution >= 0.6 is 11.3 Å². The first kappa shape index (κ1) is 21.0. The van der Waals surface area contributed by atoms with Crippen LogP contribution in [0.25, 0.3) is 0 Å². The summed E-state index contributed by atoms with van der Waals surface area (Å²) in [6, 6.07) is 7.58. The third kappa shape index (κ3) is 5.33. The van der Waals surface area contributed by atoms with E-state index in [1.807, 2.05) is 31.3 Å². The first-order chi connectivity index (χ1) is 12.9. The van der Waals surface area contributed by atoms with Crippen molar-refractivity contribution in [1.29, 1.82) is 0 Å². The molecule has 1 aromatic heterocycles. The Hall–Kier alpha value is -2.33. The lowest BCUT2D eigenvalue weighted by atomic mass is 9.67. The number of hydrogen-bond acceptors (Lipinski definition) is 4. The highest BCUT2D eigenvalue weighted by Crippen LogP contribution is 2.45. The van der Waals surface area contributed by atoms with Gasteiger partial charge in [0, 0.05) is 23.5 Å². The number of aryl methyl sites for hydroxylation is 1. The van der Waals surface area contributed by atoms with Crippen LogP contribution in [0.3, 0.4) is 0 Å². The highest BCUT2D eigenvalue weighted by atomic mass is 32.1. The van der Waals surface area contributed by atoms with E-state index in [9.17, 15) is 5.11 Å². The van der Waals surface area contributed by atoms with Crippen LogP contribution in [0.1, 0.15) is 43.6 Å². The molecule has 4 heteroatoms. The summed E-state index contributed by atoms with van der Waals surface area (Å²) in [4.78, 5) is 5.64. The van der Waals surface area contributed by atoms with Crippen LogP contribution in [0.2, 0.25) is 0 Å². The lowest BCUT2D eigenvalue weighted by Crippen LogP contribution is -2.33. The normalized spacial score (nSPS) is 15.5. The molecule has 2 N–H and O–H groups in total. The maximum absolute atomic E-state index is 10.1. The highest BCUT2D eigenvalue weighted by Gasteiger charge is 2.35. The van der Waals surface area contributed by atoms with E-state index >= 15 is 0 Å². The van der Waals surface area contributed by atoms with Gasteiger partial charge in [-0.15, -0.1) is 11.3 Å². The summed E-state index contributed by atoms with van der Waals surface area (Å²) < 4.78 is 0. The second-order valence-corrected chi connectivity index (χ2v) is 8.30. The number of anilines is 1. The molecule has 0 saturated carbocycles. The molecule has 0 radical (unpaired) electrons. The summed E-state index contributed by atoms with van der Waals surface area (Å²) in [5.41, 5.74) is 2.20. The van der Waals surface area contributed by atoms with Crippen molar-refractivity contribution in [3.8, 4) is 5.75 Å². The molecule has 0 aliphatic carbocycles. The zero-order valence-corrected chi connectivity index (χ0v) is 17.5. The standard InChI is InChI=1S/C23H30N2OS/c1-6-10-18(11-7-2)21(19-12-9-13-20(26)14-19)23(5,8-3)16-25-22-24-15-17(4)27-22/h6-7,9-15,21,26H,1,8,16H2,2-5H3,(H,24,25)/b11-7-,18-10+. The van der Waals surface area contributed by atoms with E-state index in [1.165, 1.54) is 10.5 Å². The molecule has 0 bridgehead atoms. The minimum Gasteiger partial charge on any atom is -0.508 e. The monoisotopic (exact) mass is 382 g/mol. The van der Waals surface area contributed by atoms with Crippen molar-refractivity contribution in [2.75, 3.05) is 11.9 Å². The molecule has 1 heterocycles. The van der Waals surface area contributed by atoms with E-state index in [0.29, 0.717) is 0 Å². The van der Waals surface area contributed by atoms with E-state index in [-0.39, 0.29) is 17.1 Å². The number of aromatic nitrogens is 1. The molecule has 0 aliphatic heterocycles. The average Bonchev–Trinajstić information content (AvgIpc) is 3.06. The summed E-state index contributed by atoms with van der Waals surface area (Å²) in [6.07, 6.45) is 11.0. The van der Waals surface area contributed by atoms with Gasteiger partial charge in [-0.1, -0.05) is 56.9 Å². The van der Waals surface area contributed by atoms with Gasteiger partial charge >= 0.3 is 0 Å². The molecule has 2 aromatic rings. The molecular formula is C23H30N2OS. The molecule has 0 spiro atoms. The first-order valence-corrected chi connectivity index (χ1v) is 10.2. The summed E-state index contributed by atoms with van der Waals surface area (Å²) in [5, 5.41) is 14.5. The molecule has 0 amide bonds. The average molecular weight is 383 g/mol. The first-order valence-electron chi connectivity index (χ1n) is 9.34. The van der Waals surface area contributed by atoms with Crippen molar-refractivity contribution in [3.05, 3.63) is 77.4 Å². The fourth-order valence-electron chi connectivity index (χ4n) is 3.42. The van der Waals surface area contributed by atoms with Crippen molar-refractivity contribution < 1.29 is 5.11 Å². The van der Waals surface area contributed by atoms with E-state index in [1.54, 1.807) is 17.4 Å². The topological polar surface area (TPSA) is 45.1 Å². The summed E-state index contributed by atoms with van der Waals surface area (Å²) >= 11 is 1.67. The van der Waals surface area contributed by atoms with Crippen molar-refractivity contribution >= 4 is 16.5 Å². The maximum atomic E-state index is 10.1. The van der Waals surface area contributed by atoms with Crippen LogP contribution in [-0.4, -0.2) is 16.6 Å². The van der Waals surface area contributed by atoms with Gasteiger partial charge in [0.1, 0.15) is 5.75 Å². The summed E-state index contributed by atoms with van der Waals surface area (Å²) in [6.45, 7) is 13.3. The molecular weight excluding hydrogens is 352 g/mol. The molecule has 0 saturated heterocycles. The van der Waals surface area contributed by atoms with Gasteiger partial charge in [0.25, 0.3) is 0 Å². The van der Waals surface area contributed by atoms with Gasteiger partial charge < -0.3 is 10.4 Å². The van der Waals surface area contributed by atoms with Crippen molar-refractivity contribution in [3.63, 3.8) is 0 Å². The fourth-order valence-corrected chi connectivity index (χ4v) is 4.08. The van der Waals surface area contributed by atoms with Crippen LogP contribution in [0.5, 0.6) is 5.75 Å². The molecule has 27 heavy (non-hydrogen) atoms. The van der Waals surface area contributed by atoms with Crippen LogP contribution in [-0.2, 0) is 0 Å². The SMILES string of the molecule is C=C/C=C(\C=C/C)C(c1cccc(O)c1)C(C)(CC)CNc1ncc(C)s1.